The van der Waals surface area contributed by atoms with E-state index in [1.54, 1.807) is 0 Å². The summed E-state index contributed by atoms with van der Waals surface area (Å²) in [4.78, 5) is 13.9. The van der Waals surface area contributed by atoms with Gasteiger partial charge in [0.15, 0.2) is 0 Å². The third-order valence-corrected chi connectivity index (χ3v) is 6.40. The Labute approximate surface area is 195 Å². The highest BCUT2D eigenvalue weighted by molar-refractivity contribution is 7.88. The van der Waals surface area contributed by atoms with Gasteiger partial charge in [0.2, 0.25) is 10.0 Å². The Hall–Kier alpha value is -2.50. The van der Waals surface area contributed by atoms with Crippen LogP contribution in [0.4, 0.5) is 17.6 Å². The van der Waals surface area contributed by atoms with Crippen molar-refractivity contribution in [2.45, 2.75) is 50.5 Å². The summed E-state index contributed by atoms with van der Waals surface area (Å²) < 4.78 is 84.4. The Morgan fingerprint density at radius 2 is 1.79 bits per heavy atom. The van der Waals surface area contributed by atoms with Gasteiger partial charge in [-0.05, 0) is 50.5 Å². The van der Waals surface area contributed by atoms with Gasteiger partial charge in [0.25, 0.3) is 5.91 Å². The minimum absolute atomic E-state index is 0.0290. The minimum atomic E-state index is -3.93. The maximum atomic E-state index is 15.5. The van der Waals surface area contributed by atoms with Gasteiger partial charge in [-0.1, -0.05) is 18.2 Å². The highest BCUT2D eigenvalue weighted by Crippen LogP contribution is 2.36. The Morgan fingerprint density at radius 3 is 2.32 bits per heavy atom. The number of nitrogens with one attached hydrogen (secondary N) is 1. The molecule has 2 aromatic rings. The van der Waals surface area contributed by atoms with E-state index in [9.17, 15) is 27.1 Å². The van der Waals surface area contributed by atoms with E-state index in [0.717, 1.165) is 30.2 Å². The Kier molecular flexibility index (Phi) is 6.86. The fourth-order valence-corrected chi connectivity index (χ4v) is 5.12. The second-order valence-electron chi connectivity index (χ2n) is 9.35. The number of hydrogen-bond donors (Lipinski definition) is 2. The molecule has 1 fully saturated rings. The molecular formula is C23H26F4N2O4S. The summed E-state index contributed by atoms with van der Waals surface area (Å²) in [6, 6.07) is 4.02. The van der Waals surface area contributed by atoms with E-state index < -0.39 is 63.3 Å². The Balaban J connectivity index is 2.08. The van der Waals surface area contributed by atoms with Crippen molar-refractivity contribution in [3.05, 3.63) is 59.4 Å². The van der Waals surface area contributed by atoms with Gasteiger partial charge >= 0.3 is 0 Å². The summed E-state index contributed by atoms with van der Waals surface area (Å²) in [5.41, 5.74) is -4.33. The zero-order valence-electron chi connectivity index (χ0n) is 19.1. The molecule has 1 amide bonds. The third kappa shape index (κ3) is 5.59. The molecule has 1 heterocycles. The Bertz CT molecular complexity index is 1190. The van der Waals surface area contributed by atoms with E-state index in [1.807, 2.05) is 0 Å². The molecule has 2 N–H and O–H groups in total. The topological polar surface area (TPSA) is 86.7 Å². The van der Waals surface area contributed by atoms with Crippen molar-refractivity contribution >= 4 is 15.9 Å². The molecule has 34 heavy (non-hydrogen) atoms. The fourth-order valence-electron chi connectivity index (χ4n) is 4.26. The quantitative estimate of drug-likeness (QED) is 0.595. The van der Waals surface area contributed by atoms with Crippen molar-refractivity contribution < 1.29 is 35.9 Å². The van der Waals surface area contributed by atoms with Gasteiger partial charge in [-0.15, -0.1) is 0 Å². The fraction of sp³-hybridized carbons (Fsp3) is 0.435. The molecule has 6 nitrogen and oxygen atoms in total. The van der Waals surface area contributed by atoms with Gasteiger partial charge in [0.1, 0.15) is 28.7 Å². The first-order valence-electron chi connectivity index (χ1n) is 10.4. The summed E-state index contributed by atoms with van der Waals surface area (Å²) in [5, 5.41) is 10.2. The van der Waals surface area contributed by atoms with Crippen LogP contribution in [0.15, 0.2) is 36.4 Å². The molecule has 3 rings (SSSR count). The minimum Gasteiger partial charge on any atom is -0.381 e. The van der Waals surface area contributed by atoms with Crippen molar-refractivity contribution in [3.63, 3.8) is 0 Å². The molecule has 1 saturated heterocycles. The van der Waals surface area contributed by atoms with Crippen LogP contribution in [-0.4, -0.2) is 60.5 Å². The molecule has 0 bridgehead atoms. The van der Waals surface area contributed by atoms with E-state index in [2.05, 4.69) is 4.72 Å². The molecule has 1 aliphatic heterocycles. The van der Waals surface area contributed by atoms with Crippen LogP contribution in [0.5, 0.6) is 0 Å². The molecule has 2 aromatic carbocycles. The van der Waals surface area contributed by atoms with E-state index in [1.165, 1.54) is 32.0 Å². The van der Waals surface area contributed by atoms with Crippen molar-refractivity contribution in [1.29, 1.82) is 0 Å². The number of hydrogen-bond acceptors (Lipinski definition) is 4. The standard InChI is InChI=1S/C23H26F4N2O4S/c1-22(2,31)21(30)29-12-23(3,27)20(28-34(4,32)33)18(29)10-13-6-5-7-17(19(13)26)14-8-15(24)11-16(25)9-14/h5-9,11,18,20,28,31H,10,12H2,1-4H3/t18-,20+,23-/m0/s1. The van der Waals surface area contributed by atoms with E-state index in [-0.39, 0.29) is 23.1 Å². The van der Waals surface area contributed by atoms with Crippen LogP contribution in [0, 0.1) is 17.5 Å². The van der Waals surface area contributed by atoms with Crippen LogP contribution in [-0.2, 0) is 21.2 Å². The van der Waals surface area contributed by atoms with Crippen molar-refractivity contribution in [3.8, 4) is 11.1 Å². The van der Waals surface area contributed by atoms with Crippen LogP contribution >= 0.6 is 0 Å². The number of benzene rings is 2. The zero-order chi connectivity index (χ0) is 25.6. The number of nitrogens with zero attached hydrogens (tertiary/aromatic N) is 1. The molecule has 0 unspecified atom stereocenters. The number of amides is 1. The van der Waals surface area contributed by atoms with Crippen LogP contribution in [0.1, 0.15) is 26.3 Å². The number of rotatable bonds is 6. The molecule has 0 radical (unpaired) electrons. The lowest BCUT2D eigenvalue weighted by Crippen LogP contribution is -2.54. The first-order chi connectivity index (χ1) is 15.5. The molecule has 11 heteroatoms. The molecule has 186 valence electrons. The van der Waals surface area contributed by atoms with Gasteiger partial charge in [-0.3, -0.25) is 4.79 Å². The summed E-state index contributed by atoms with van der Waals surface area (Å²) in [6.07, 6.45) is 0.506. The van der Waals surface area contributed by atoms with Crippen LogP contribution < -0.4 is 4.72 Å². The molecular weight excluding hydrogens is 476 g/mol. The summed E-state index contributed by atoms with van der Waals surface area (Å²) >= 11 is 0. The number of carbonyl (C=O) groups is 1. The third-order valence-electron chi connectivity index (χ3n) is 5.72. The van der Waals surface area contributed by atoms with Crippen LogP contribution in [0.25, 0.3) is 11.1 Å². The van der Waals surface area contributed by atoms with Gasteiger partial charge in [-0.25, -0.2) is 30.7 Å². The summed E-state index contributed by atoms with van der Waals surface area (Å²) in [6.45, 7) is 2.99. The number of alkyl halides is 1. The number of carbonyl (C=O) groups excluding carboxylic acids is 1. The normalized spacial score (nSPS) is 23.4. The van der Waals surface area contributed by atoms with E-state index >= 15 is 8.78 Å². The van der Waals surface area contributed by atoms with Crippen LogP contribution in [0.2, 0.25) is 0 Å². The summed E-state index contributed by atoms with van der Waals surface area (Å²) in [5.74, 6) is -3.51. The number of likely N-dealkylation sites (tertiary alicyclic amines) is 1. The van der Waals surface area contributed by atoms with Crippen molar-refractivity contribution in [1.82, 2.24) is 9.62 Å². The first-order valence-corrected chi connectivity index (χ1v) is 12.3. The summed E-state index contributed by atoms with van der Waals surface area (Å²) in [7, 11) is -3.93. The monoisotopic (exact) mass is 502 g/mol. The second kappa shape index (κ2) is 8.94. The van der Waals surface area contributed by atoms with E-state index in [0.29, 0.717) is 6.07 Å². The molecule has 0 saturated carbocycles. The maximum absolute atomic E-state index is 15.5. The zero-order valence-corrected chi connectivity index (χ0v) is 19.9. The van der Waals surface area contributed by atoms with Gasteiger partial charge < -0.3 is 10.0 Å². The maximum Gasteiger partial charge on any atom is 0.254 e. The van der Waals surface area contributed by atoms with E-state index in [4.69, 9.17) is 0 Å². The van der Waals surface area contributed by atoms with Crippen molar-refractivity contribution in [2.75, 3.05) is 12.8 Å². The average molecular weight is 503 g/mol. The van der Waals surface area contributed by atoms with Crippen LogP contribution in [0.3, 0.4) is 0 Å². The number of halogens is 4. The number of sulfonamides is 1. The molecule has 0 spiro atoms. The SMILES string of the molecule is CC(C)(O)C(=O)N1C[C@](C)(F)[C@H](NS(C)(=O)=O)[C@@H]1Cc1cccc(-c2cc(F)cc(F)c2)c1F. The Morgan fingerprint density at radius 1 is 1.21 bits per heavy atom. The lowest BCUT2D eigenvalue weighted by atomic mass is 9.92. The number of aliphatic hydroxyl groups is 1. The van der Waals surface area contributed by atoms with Gasteiger partial charge in [-0.2, -0.15) is 0 Å². The van der Waals surface area contributed by atoms with Gasteiger partial charge in [0.05, 0.1) is 24.9 Å². The molecule has 1 aliphatic rings. The molecule has 0 aliphatic carbocycles. The highest BCUT2D eigenvalue weighted by Gasteiger charge is 2.54. The highest BCUT2D eigenvalue weighted by atomic mass is 32.2. The lowest BCUT2D eigenvalue weighted by molar-refractivity contribution is -0.149. The molecule has 3 atom stereocenters. The smallest absolute Gasteiger partial charge is 0.254 e. The first kappa shape index (κ1) is 26.1. The van der Waals surface area contributed by atoms with Crippen molar-refractivity contribution in [2.24, 2.45) is 0 Å². The largest absolute Gasteiger partial charge is 0.381 e. The average Bonchev–Trinajstić information content (AvgIpc) is 2.90. The molecule has 0 aromatic heterocycles. The predicted octanol–water partition coefficient (Wildman–Crippen LogP) is 2.94. The van der Waals surface area contributed by atoms with Gasteiger partial charge in [0, 0.05) is 11.6 Å². The predicted molar refractivity (Wildman–Crippen MR) is 119 cm³/mol. The lowest BCUT2D eigenvalue weighted by Gasteiger charge is -2.32. The second-order valence-corrected chi connectivity index (χ2v) is 11.1.